The molecule has 7 heteroatoms. The van der Waals surface area contributed by atoms with Crippen LogP contribution in [-0.2, 0) is 0 Å². The second kappa shape index (κ2) is 6.81. The van der Waals surface area contributed by atoms with Gasteiger partial charge in [-0.1, -0.05) is 19.3 Å². The highest BCUT2D eigenvalue weighted by Crippen LogP contribution is 2.38. The van der Waals surface area contributed by atoms with Crippen molar-refractivity contribution in [1.29, 1.82) is 0 Å². The third-order valence-corrected chi connectivity index (χ3v) is 6.37. The summed E-state index contributed by atoms with van der Waals surface area (Å²) < 4.78 is 8.47. The molecule has 0 aromatic carbocycles. The molecular weight excluding hydrogens is 358 g/mol. The molecular formula is C20H21N5OS. The SMILES string of the molecule is COc1cncc2cc(-c3cnc4ccc(NC5CCCCC5)nn34)sc12. The maximum absolute atomic E-state index is 5.45. The van der Waals surface area contributed by atoms with Crippen molar-refractivity contribution in [3.05, 3.63) is 36.8 Å². The molecule has 0 aliphatic heterocycles. The molecule has 1 fully saturated rings. The molecule has 1 saturated carbocycles. The Bertz CT molecular complexity index is 1100. The number of anilines is 1. The van der Waals surface area contributed by atoms with E-state index in [-0.39, 0.29) is 0 Å². The number of hydrogen-bond donors (Lipinski definition) is 1. The average Bonchev–Trinajstić information content (AvgIpc) is 3.32. The molecule has 0 spiro atoms. The van der Waals surface area contributed by atoms with E-state index in [2.05, 4.69) is 21.4 Å². The Morgan fingerprint density at radius 3 is 2.89 bits per heavy atom. The van der Waals surface area contributed by atoms with Crippen LogP contribution < -0.4 is 10.1 Å². The van der Waals surface area contributed by atoms with Crippen LogP contribution in [0.25, 0.3) is 26.3 Å². The van der Waals surface area contributed by atoms with E-state index in [0.717, 1.165) is 37.9 Å². The van der Waals surface area contributed by atoms with Crippen molar-refractivity contribution in [3.63, 3.8) is 0 Å². The Hall–Kier alpha value is -2.67. The highest BCUT2D eigenvalue weighted by atomic mass is 32.1. The lowest BCUT2D eigenvalue weighted by Gasteiger charge is -2.23. The van der Waals surface area contributed by atoms with Crippen LogP contribution in [0, 0.1) is 0 Å². The number of thiophene rings is 1. The Labute approximate surface area is 161 Å². The van der Waals surface area contributed by atoms with E-state index in [1.807, 2.05) is 29.0 Å². The van der Waals surface area contributed by atoms with Crippen LogP contribution in [0.15, 0.2) is 36.8 Å². The van der Waals surface area contributed by atoms with E-state index < -0.39 is 0 Å². The summed E-state index contributed by atoms with van der Waals surface area (Å²) >= 11 is 1.68. The molecule has 1 N–H and O–H groups in total. The van der Waals surface area contributed by atoms with Crippen LogP contribution in [0.2, 0.25) is 0 Å². The molecule has 4 aromatic rings. The molecule has 27 heavy (non-hydrogen) atoms. The normalized spacial score (nSPS) is 15.4. The van der Waals surface area contributed by atoms with Gasteiger partial charge in [0.1, 0.15) is 11.5 Å². The highest BCUT2D eigenvalue weighted by Gasteiger charge is 2.16. The number of nitrogens with zero attached hydrogens (tertiary/aromatic N) is 4. The van der Waals surface area contributed by atoms with Gasteiger partial charge in [-0.25, -0.2) is 9.50 Å². The molecule has 0 saturated heterocycles. The van der Waals surface area contributed by atoms with E-state index in [1.165, 1.54) is 32.1 Å². The van der Waals surface area contributed by atoms with Crippen LogP contribution in [0.4, 0.5) is 5.82 Å². The second-order valence-electron chi connectivity index (χ2n) is 6.98. The molecule has 0 amide bonds. The first-order valence-corrected chi connectivity index (χ1v) is 10.2. The summed E-state index contributed by atoms with van der Waals surface area (Å²) in [4.78, 5) is 9.88. The maximum atomic E-state index is 5.45. The summed E-state index contributed by atoms with van der Waals surface area (Å²) in [5.41, 5.74) is 1.84. The van der Waals surface area contributed by atoms with Gasteiger partial charge in [0.2, 0.25) is 0 Å². The Balaban J connectivity index is 1.54. The van der Waals surface area contributed by atoms with Gasteiger partial charge in [-0.3, -0.25) is 4.98 Å². The number of ether oxygens (including phenoxy) is 1. The Kier molecular flexibility index (Phi) is 4.16. The van der Waals surface area contributed by atoms with E-state index in [0.29, 0.717) is 6.04 Å². The zero-order valence-corrected chi connectivity index (χ0v) is 16.0. The van der Waals surface area contributed by atoms with Gasteiger partial charge in [-0.05, 0) is 31.0 Å². The van der Waals surface area contributed by atoms with Crippen molar-refractivity contribution in [3.8, 4) is 16.3 Å². The molecule has 4 aromatic heterocycles. The largest absolute Gasteiger partial charge is 0.494 e. The molecule has 138 valence electrons. The lowest BCUT2D eigenvalue weighted by atomic mass is 9.95. The number of pyridine rings is 1. The second-order valence-corrected chi connectivity index (χ2v) is 8.03. The standard InChI is InChI=1S/C20H21N5OS/c1-26-16-12-21-10-13-9-17(27-20(13)16)15-11-22-19-8-7-18(24-25(15)19)23-14-5-3-2-4-6-14/h7-12,14H,2-6H2,1H3,(H,23,24). The molecule has 0 radical (unpaired) electrons. The third kappa shape index (κ3) is 3.02. The van der Waals surface area contributed by atoms with Crippen molar-refractivity contribution in [1.82, 2.24) is 19.6 Å². The van der Waals surface area contributed by atoms with Crippen molar-refractivity contribution in [2.24, 2.45) is 0 Å². The zero-order valence-electron chi connectivity index (χ0n) is 15.2. The van der Waals surface area contributed by atoms with E-state index >= 15 is 0 Å². The van der Waals surface area contributed by atoms with Crippen LogP contribution in [0.1, 0.15) is 32.1 Å². The molecule has 0 unspecified atom stereocenters. The lowest BCUT2D eigenvalue weighted by molar-refractivity contribution is 0.419. The minimum Gasteiger partial charge on any atom is -0.494 e. The van der Waals surface area contributed by atoms with Gasteiger partial charge in [0, 0.05) is 17.6 Å². The predicted octanol–water partition coefficient (Wildman–Crippen LogP) is 4.76. The molecule has 0 bridgehead atoms. The molecule has 1 aliphatic rings. The minimum absolute atomic E-state index is 0.523. The molecule has 6 nitrogen and oxygen atoms in total. The fraction of sp³-hybridized carbons (Fsp3) is 0.350. The first-order chi connectivity index (χ1) is 13.3. The number of aromatic nitrogens is 4. The number of imidazole rings is 1. The number of nitrogens with one attached hydrogen (secondary N) is 1. The Morgan fingerprint density at radius 1 is 1.15 bits per heavy atom. The van der Waals surface area contributed by atoms with Crippen LogP contribution in [0.3, 0.4) is 0 Å². The van der Waals surface area contributed by atoms with Crippen molar-refractivity contribution < 1.29 is 4.74 Å². The van der Waals surface area contributed by atoms with Crippen LogP contribution >= 0.6 is 11.3 Å². The van der Waals surface area contributed by atoms with Crippen molar-refractivity contribution >= 4 is 32.9 Å². The predicted molar refractivity (Wildman–Crippen MR) is 109 cm³/mol. The maximum Gasteiger partial charge on any atom is 0.154 e. The number of fused-ring (bicyclic) bond motifs is 2. The fourth-order valence-electron chi connectivity index (χ4n) is 3.78. The summed E-state index contributed by atoms with van der Waals surface area (Å²) in [6.07, 6.45) is 11.9. The molecule has 1 aliphatic carbocycles. The molecule has 0 atom stereocenters. The summed E-state index contributed by atoms with van der Waals surface area (Å²) in [6, 6.07) is 6.70. The molecule has 5 rings (SSSR count). The number of rotatable bonds is 4. The van der Waals surface area contributed by atoms with Gasteiger partial charge >= 0.3 is 0 Å². The van der Waals surface area contributed by atoms with Gasteiger partial charge in [-0.2, -0.15) is 0 Å². The van der Waals surface area contributed by atoms with E-state index in [4.69, 9.17) is 9.84 Å². The first kappa shape index (κ1) is 16.5. The van der Waals surface area contributed by atoms with Gasteiger partial charge in [0.25, 0.3) is 0 Å². The topological polar surface area (TPSA) is 64.3 Å². The van der Waals surface area contributed by atoms with Crippen molar-refractivity contribution in [2.75, 3.05) is 12.4 Å². The van der Waals surface area contributed by atoms with E-state index in [1.54, 1.807) is 24.6 Å². The quantitative estimate of drug-likeness (QED) is 0.554. The van der Waals surface area contributed by atoms with Gasteiger partial charge in [0.05, 0.1) is 29.1 Å². The van der Waals surface area contributed by atoms with Crippen molar-refractivity contribution in [2.45, 2.75) is 38.1 Å². The van der Waals surface area contributed by atoms with Gasteiger partial charge in [-0.15, -0.1) is 16.4 Å². The third-order valence-electron chi connectivity index (χ3n) is 5.18. The zero-order chi connectivity index (χ0) is 18.2. The lowest BCUT2D eigenvalue weighted by Crippen LogP contribution is -2.23. The minimum atomic E-state index is 0.523. The summed E-state index contributed by atoms with van der Waals surface area (Å²) in [7, 11) is 1.68. The average molecular weight is 379 g/mol. The van der Waals surface area contributed by atoms with Crippen LogP contribution in [-0.4, -0.2) is 32.7 Å². The summed E-state index contributed by atoms with van der Waals surface area (Å²) in [5.74, 6) is 1.71. The number of hydrogen-bond acceptors (Lipinski definition) is 6. The summed E-state index contributed by atoms with van der Waals surface area (Å²) in [5, 5.41) is 9.49. The Morgan fingerprint density at radius 2 is 2.04 bits per heavy atom. The van der Waals surface area contributed by atoms with Gasteiger partial charge in [0.15, 0.2) is 11.4 Å². The van der Waals surface area contributed by atoms with Crippen LogP contribution in [0.5, 0.6) is 5.75 Å². The van der Waals surface area contributed by atoms with Gasteiger partial charge < -0.3 is 10.1 Å². The van der Waals surface area contributed by atoms with E-state index in [9.17, 15) is 0 Å². The monoisotopic (exact) mass is 379 g/mol. The fourth-order valence-corrected chi connectivity index (χ4v) is 4.90. The molecule has 4 heterocycles. The highest BCUT2D eigenvalue weighted by molar-refractivity contribution is 7.22. The number of methoxy groups -OCH3 is 1. The smallest absolute Gasteiger partial charge is 0.154 e. The first-order valence-electron chi connectivity index (χ1n) is 9.35. The summed E-state index contributed by atoms with van der Waals surface area (Å²) in [6.45, 7) is 0.